The van der Waals surface area contributed by atoms with Gasteiger partial charge in [-0.1, -0.05) is 42.5 Å². The summed E-state index contributed by atoms with van der Waals surface area (Å²) in [5.41, 5.74) is 5.65. The molecule has 0 unspecified atom stereocenters. The summed E-state index contributed by atoms with van der Waals surface area (Å²) >= 11 is 0. The van der Waals surface area contributed by atoms with Crippen molar-refractivity contribution in [2.24, 2.45) is 0 Å². The second-order valence-corrected chi connectivity index (χ2v) is 2.08. The molecule has 1 aromatic carbocycles. The van der Waals surface area contributed by atoms with Gasteiger partial charge >= 0.3 is 0 Å². The molecule has 0 atom stereocenters. The molecule has 0 spiro atoms. The Morgan fingerprint density at radius 1 is 0.818 bits per heavy atom. The first-order valence-electron chi connectivity index (χ1n) is 3.63. The first-order chi connectivity index (χ1) is 5.50. The number of benzene rings is 1. The van der Waals surface area contributed by atoms with Crippen molar-refractivity contribution < 1.29 is 0 Å². The first kappa shape index (κ1) is 7.82. The Hall–Kier alpha value is -1.28. The van der Waals surface area contributed by atoms with Gasteiger partial charge in [0.2, 0.25) is 0 Å². The lowest BCUT2D eigenvalue weighted by Gasteiger charge is -1.83. The van der Waals surface area contributed by atoms with Crippen LogP contribution in [0.2, 0.25) is 0 Å². The average molecular weight is 148 g/mol. The van der Waals surface area contributed by atoms with Crippen molar-refractivity contribution in [3.63, 3.8) is 0 Å². The lowest BCUT2D eigenvalue weighted by molar-refractivity contribution is 0.727. The number of hydrazine groups is 1. The second kappa shape index (κ2) is 5.50. The van der Waals surface area contributed by atoms with E-state index in [2.05, 4.69) is 10.9 Å². The maximum absolute atomic E-state index is 2.86. The fraction of sp³-hybridized carbons (Fsp3) is 0.111. The van der Waals surface area contributed by atoms with Crippen LogP contribution in [0.3, 0.4) is 0 Å². The van der Waals surface area contributed by atoms with Gasteiger partial charge in [-0.15, -0.1) is 0 Å². The molecule has 0 aromatic heterocycles. The lowest BCUT2D eigenvalue weighted by Crippen LogP contribution is -2.19. The van der Waals surface area contributed by atoms with Gasteiger partial charge in [0.25, 0.3) is 0 Å². The Balaban J connectivity index is 0.000000112. The van der Waals surface area contributed by atoms with E-state index in [-0.39, 0.29) is 0 Å². The zero-order valence-corrected chi connectivity index (χ0v) is 6.33. The summed E-state index contributed by atoms with van der Waals surface area (Å²) < 4.78 is 0. The molecule has 0 bridgehead atoms. The summed E-state index contributed by atoms with van der Waals surface area (Å²) in [6, 6.07) is 12.0. The largest absolute Gasteiger partial charge is 0.329 e. The first-order valence-corrected chi connectivity index (χ1v) is 3.63. The fourth-order valence-electron chi connectivity index (χ4n) is 0.680. The van der Waals surface area contributed by atoms with E-state index < -0.39 is 0 Å². The molecule has 0 fully saturated rings. The normalized spacial score (nSPS) is 13.1. The molecular formula is C9H12N2. The molecule has 2 heteroatoms. The van der Waals surface area contributed by atoms with Gasteiger partial charge in [-0.05, 0) is 0 Å². The smallest absolute Gasteiger partial charge is 0.0345 e. The van der Waals surface area contributed by atoms with Crippen molar-refractivity contribution in [3.8, 4) is 0 Å². The molecule has 0 aliphatic carbocycles. The minimum absolute atomic E-state index is 0.958. The van der Waals surface area contributed by atoms with E-state index in [1.807, 2.05) is 48.7 Å². The highest BCUT2D eigenvalue weighted by atomic mass is 15.4. The van der Waals surface area contributed by atoms with Gasteiger partial charge in [-0.25, -0.2) is 5.43 Å². The van der Waals surface area contributed by atoms with Gasteiger partial charge in [-0.2, -0.15) is 0 Å². The van der Waals surface area contributed by atoms with E-state index in [9.17, 15) is 0 Å². The van der Waals surface area contributed by atoms with Gasteiger partial charge < -0.3 is 5.43 Å². The second-order valence-electron chi connectivity index (χ2n) is 2.08. The van der Waals surface area contributed by atoms with Crippen LogP contribution in [0.15, 0.2) is 48.7 Å². The molecule has 2 nitrogen and oxygen atoms in total. The molecule has 58 valence electrons. The maximum atomic E-state index is 2.86. The molecule has 2 rings (SSSR count). The van der Waals surface area contributed by atoms with E-state index in [1.54, 1.807) is 0 Å². The van der Waals surface area contributed by atoms with Crippen LogP contribution in [0.25, 0.3) is 0 Å². The Labute approximate surface area is 66.9 Å². The molecule has 1 aliphatic rings. The molecule has 0 saturated carbocycles. The fourth-order valence-corrected chi connectivity index (χ4v) is 0.680. The Kier molecular flexibility index (Phi) is 3.91. The maximum Gasteiger partial charge on any atom is 0.0345 e. The molecular weight excluding hydrogens is 136 g/mol. The Morgan fingerprint density at radius 3 is 1.55 bits per heavy atom. The summed E-state index contributed by atoms with van der Waals surface area (Å²) in [5.74, 6) is 0. The van der Waals surface area contributed by atoms with Gasteiger partial charge in [0, 0.05) is 12.7 Å². The van der Waals surface area contributed by atoms with Crippen LogP contribution in [0.4, 0.5) is 0 Å². The summed E-state index contributed by atoms with van der Waals surface area (Å²) in [5, 5.41) is 0. The predicted octanol–water partition coefficient (Wildman–Crippen LogP) is 1.29. The average Bonchev–Trinajstić information content (AvgIpc) is 2.64. The third-order valence-electron chi connectivity index (χ3n) is 1.19. The summed E-state index contributed by atoms with van der Waals surface area (Å²) in [6.07, 6.45) is 3.89. The van der Waals surface area contributed by atoms with Crippen molar-refractivity contribution in [3.05, 3.63) is 48.7 Å². The molecule has 1 heterocycles. The van der Waals surface area contributed by atoms with Gasteiger partial charge in [0.1, 0.15) is 0 Å². The van der Waals surface area contributed by atoms with E-state index in [4.69, 9.17) is 0 Å². The van der Waals surface area contributed by atoms with Crippen molar-refractivity contribution >= 4 is 0 Å². The monoisotopic (exact) mass is 148 g/mol. The van der Waals surface area contributed by atoms with Crippen molar-refractivity contribution in [2.75, 3.05) is 6.54 Å². The standard InChI is InChI=1S/C6H6.C3H6N2/c1-2-4-6-5-3-1;1-2-4-5-3-1/h1-6H;1-2,4-5H,3H2. The third-order valence-corrected chi connectivity index (χ3v) is 1.19. The lowest BCUT2D eigenvalue weighted by atomic mass is 10.4. The zero-order chi connectivity index (χ0) is 7.78. The zero-order valence-electron chi connectivity index (χ0n) is 6.33. The minimum Gasteiger partial charge on any atom is -0.329 e. The highest BCUT2D eigenvalue weighted by Gasteiger charge is 1.78. The molecule has 2 N–H and O–H groups in total. The van der Waals surface area contributed by atoms with Crippen molar-refractivity contribution in [1.82, 2.24) is 10.9 Å². The van der Waals surface area contributed by atoms with Crippen molar-refractivity contribution in [2.45, 2.75) is 0 Å². The van der Waals surface area contributed by atoms with E-state index in [0.29, 0.717) is 0 Å². The summed E-state index contributed by atoms with van der Waals surface area (Å²) in [6.45, 7) is 0.958. The van der Waals surface area contributed by atoms with Gasteiger partial charge in [0.05, 0.1) is 0 Å². The topological polar surface area (TPSA) is 24.1 Å². The van der Waals surface area contributed by atoms with Crippen molar-refractivity contribution in [1.29, 1.82) is 0 Å². The van der Waals surface area contributed by atoms with Crippen LogP contribution in [0.5, 0.6) is 0 Å². The molecule has 0 radical (unpaired) electrons. The van der Waals surface area contributed by atoms with Crippen LogP contribution < -0.4 is 10.9 Å². The SMILES string of the molecule is C1=CNNC1.c1ccccc1. The van der Waals surface area contributed by atoms with E-state index in [0.717, 1.165) is 6.54 Å². The van der Waals surface area contributed by atoms with E-state index >= 15 is 0 Å². The highest BCUT2D eigenvalue weighted by Crippen LogP contribution is 1.79. The summed E-state index contributed by atoms with van der Waals surface area (Å²) in [4.78, 5) is 0. The minimum atomic E-state index is 0.958. The summed E-state index contributed by atoms with van der Waals surface area (Å²) in [7, 11) is 0. The number of nitrogens with one attached hydrogen (secondary N) is 2. The number of rotatable bonds is 0. The highest BCUT2D eigenvalue weighted by molar-refractivity contribution is 4.99. The molecule has 1 aliphatic heterocycles. The number of hydrogen-bond donors (Lipinski definition) is 2. The Morgan fingerprint density at radius 2 is 1.36 bits per heavy atom. The Bertz CT molecular complexity index is 161. The molecule has 0 amide bonds. The van der Waals surface area contributed by atoms with Gasteiger partial charge in [-0.3, -0.25) is 0 Å². The van der Waals surface area contributed by atoms with Crippen LogP contribution in [-0.4, -0.2) is 6.54 Å². The van der Waals surface area contributed by atoms with Crippen LogP contribution in [0.1, 0.15) is 0 Å². The quantitative estimate of drug-likeness (QED) is 0.579. The van der Waals surface area contributed by atoms with E-state index in [1.165, 1.54) is 0 Å². The third kappa shape index (κ3) is 4.17. The van der Waals surface area contributed by atoms with Gasteiger partial charge in [0.15, 0.2) is 0 Å². The van der Waals surface area contributed by atoms with Crippen LogP contribution >= 0.6 is 0 Å². The molecule has 11 heavy (non-hydrogen) atoms. The predicted molar refractivity (Wildman–Crippen MR) is 46.7 cm³/mol. The molecule has 1 aromatic rings. The van der Waals surface area contributed by atoms with Crippen LogP contribution in [0, 0.1) is 0 Å². The van der Waals surface area contributed by atoms with Crippen LogP contribution in [-0.2, 0) is 0 Å². The molecule has 0 saturated heterocycles. The number of hydrogen-bond acceptors (Lipinski definition) is 2.